The summed E-state index contributed by atoms with van der Waals surface area (Å²) in [5.74, 6) is -0.138. The zero-order valence-electron chi connectivity index (χ0n) is 16.3. The summed E-state index contributed by atoms with van der Waals surface area (Å²) in [6, 6.07) is 5.18. The average molecular weight is 373 g/mol. The number of esters is 2. The molecule has 0 aliphatic rings. The minimum Gasteiger partial charge on any atom is -0.493 e. The van der Waals surface area contributed by atoms with Crippen LogP contribution in [0.4, 0.5) is 0 Å². The quantitative estimate of drug-likeness (QED) is 0.718. The number of aryl methyl sites for hydroxylation is 2. The van der Waals surface area contributed by atoms with Gasteiger partial charge in [-0.25, -0.2) is 9.59 Å². The van der Waals surface area contributed by atoms with Gasteiger partial charge in [0.15, 0.2) is 11.5 Å². The van der Waals surface area contributed by atoms with Gasteiger partial charge >= 0.3 is 11.9 Å². The molecule has 1 aromatic carbocycles. The van der Waals surface area contributed by atoms with E-state index in [2.05, 4.69) is 4.98 Å². The third-order valence-corrected chi connectivity index (χ3v) is 4.09. The van der Waals surface area contributed by atoms with E-state index in [0.717, 1.165) is 0 Å². The number of hydrogen-bond donors (Lipinski definition) is 0. The Bertz CT molecular complexity index is 835. The van der Waals surface area contributed by atoms with Crippen molar-refractivity contribution >= 4 is 11.9 Å². The minimum atomic E-state index is -0.589. The number of hydrogen-bond acceptors (Lipinski definition) is 7. The Morgan fingerprint density at radius 2 is 1.48 bits per heavy atom. The van der Waals surface area contributed by atoms with Crippen molar-refractivity contribution in [1.82, 2.24) is 4.98 Å². The van der Waals surface area contributed by atoms with Gasteiger partial charge < -0.3 is 18.9 Å². The Hall–Kier alpha value is -3.09. The second kappa shape index (κ2) is 8.53. The molecule has 0 fully saturated rings. The van der Waals surface area contributed by atoms with E-state index in [0.29, 0.717) is 40.6 Å². The molecular weight excluding hydrogens is 350 g/mol. The molecule has 0 atom stereocenters. The molecule has 0 aliphatic carbocycles. The molecule has 0 unspecified atom stereocenters. The van der Waals surface area contributed by atoms with E-state index in [1.807, 2.05) is 6.92 Å². The molecule has 7 heteroatoms. The lowest BCUT2D eigenvalue weighted by atomic mass is 9.92. The standard InChI is InChI=1S/C20H23NO6/c1-7-27-15-10-13(8-9-14(15)24-4)18-16(19(22)25-5)11(2)21-12(3)17(18)20(23)26-6/h8-10H,7H2,1-6H3. The smallest absolute Gasteiger partial charge is 0.340 e. The van der Waals surface area contributed by atoms with Crippen molar-refractivity contribution in [2.45, 2.75) is 20.8 Å². The zero-order valence-corrected chi connectivity index (χ0v) is 16.3. The predicted molar refractivity (Wildman–Crippen MR) is 99.5 cm³/mol. The van der Waals surface area contributed by atoms with Crippen LogP contribution in [0.1, 0.15) is 39.0 Å². The van der Waals surface area contributed by atoms with E-state index >= 15 is 0 Å². The Kier molecular flexibility index (Phi) is 6.39. The molecule has 0 radical (unpaired) electrons. The molecule has 144 valence electrons. The summed E-state index contributed by atoms with van der Waals surface area (Å²) in [5.41, 5.74) is 2.30. The maximum atomic E-state index is 12.5. The van der Waals surface area contributed by atoms with Gasteiger partial charge in [-0.3, -0.25) is 4.98 Å². The number of nitrogens with zero attached hydrogens (tertiary/aromatic N) is 1. The molecule has 27 heavy (non-hydrogen) atoms. The molecule has 0 amide bonds. The van der Waals surface area contributed by atoms with Crippen LogP contribution in [-0.2, 0) is 9.47 Å². The van der Waals surface area contributed by atoms with Gasteiger partial charge in [0.2, 0.25) is 0 Å². The normalized spacial score (nSPS) is 10.3. The number of ether oxygens (including phenoxy) is 4. The summed E-state index contributed by atoms with van der Waals surface area (Å²) in [5, 5.41) is 0. The molecular formula is C20H23NO6. The maximum absolute atomic E-state index is 12.5. The van der Waals surface area contributed by atoms with Gasteiger partial charge in [0, 0.05) is 5.56 Å². The highest BCUT2D eigenvalue weighted by Crippen LogP contribution is 2.37. The lowest BCUT2D eigenvalue weighted by Gasteiger charge is -2.18. The molecule has 0 saturated heterocycles. The first-order chi connectivity index (χ1) is 12.9. The SMILES string of the molecule is CCOc1cc(-c2c(C(=O)OC)c(C)nc(C)c2C(=O)OC)ccc1OC. The Morgan fingerprint density at radius 3 is 1.93 bits per heavy atom. The van der Waals surface area contributed by atoms with Gasteiger partial charge in [0.25, 0.3) is 0 Å². The van der Waals surface area contributed by atoms with Crippen LogP contribution >= 0.6 is 0 Å². The number of carbonyl (C=O) groups is 2. The van der Waals surface area contributed by atoms with E-state index in [1.54, 1.807) is 32.0 Å². The van der Waals surface area contributed by atoms with Crippen LogP contribution < -0.4 is 9.47 Å². The number of rotatable bonds is 6. The van der Waals surface area contributed by atoms with Crippen molar-refractivity contribution in [3.63, 3.8) is 0 Å². The van der Waals surface area contributed by atoms with Gasteiger partial charge in [0.05, 0.1) is 50.5 Å². The molecule has 2 rings (SSSR count). The summed E-state index contributed by atoms with van der Waals surface area (Å²) in [7, 11) is 4.10. The van der Waals surface area contributed by atoms with E-state index in [-0.39, 0.29) is 11.1 Å². The monoisotopic (exact) mass is 373 g/mol. The van der Waals surface area contributed by atoms with E-state index in [1.165, 1.54) is 21.3 Å². The van der Waals surface area contributed by atoms with Gasteiger partial charge in [-0.2, -0.15) is 0 Å². The fourth-order valence-corrected chi connectivity index (χ4v) is 2.94. The summed E-state index contributed by atoms with van der Waals surface area (Å²) in [6.45, 7) is 5.67. The van der Waals surface area contributed by atoms with Crippen LogP contribution in [0, 0.1) is 13.8 Å². The van der Waals surface area contributed by atoms with Crippen molar-refractivity contribution in [2.24, 2.45) is 0 Å². The summed E-state index contributed by atoms with van der Waals surface area (Å²) in [6.07, 6.45) is 0. The van der Waals surface area contributed by atoms with Crippen molar-refractivity contribution in [3.05, 3.63) is 40.7 Å². The number of pyridine rings is 1. The van der Waals surface area contributed by atoms with Crippen molar-refractivity contribution in [2.75, 3.05) is 27.9 Å². The fourth-order valence-electron chi connectivity index (χ4n) is 2.94. The molecule has 0 saturated carbocycles. The van der Waals surface area contributed by atoms with Crippen LogP contribution in [0.25, 0.3) is 11.1 Å². The maximum Gasteiger partial charge on any atom is 0.340 e. The van der Waals surface area contributed by atoms with Gasteiger partial charge in [0.1, 0.15) is 0 Å². The van der Waals surface area contributed by atoms with Crippen LogP contribution in [0.15, 0.2) is 18.2 Å². The number of benzene rings is 1. The first kappa shape index (κ1) is 20.2. The molecule has 1 heterocycles. The Balaban J connectivity index is 2.90. The first-order valence-corrected chi connectivity index (χ1v) is 8.38. The van der Waals surface area contributed by atoms with E-state index in [9.17, 15) is 9.59 Å². The minimum absolute atomic E-state index is 0.205. The summed E-state index contributed by atoms with van der Waals surface area (Å²) in [4.78, 5) is 29.3. The van der Waals surface area contributed by atoms with Crippen molar-refractivity contribution in [1.29, 1.82) is 0 Å². The van der Waals surface area contributed by atoms with Crippen LogP contribution in [0.2, 0.25) is 0 Å². The lowest BCUT2D eigenvalue weighted by molar-refractivity contribution is 0.0599. The van der Waals surface area contributed by atoms with Crippen LogP contribution in [0.3, 0.4) is 0 Å². The fraction of sp³-hybridized carbons (Fsp3) is 0.350. The second-order valence-corrected chi connectivity index (χ2v) is 5.69. The first-order valence-electron chi connectivity index (χ1n) is 8.38. The molecule has 0 bridgehead atoms. The Labute approximate surface area is 158 Å². The largest absolute Gasteiger partial charge is 0.493 e. The van der Waals surface area contributed by atoms with Gasteiger partial charge in [-0.05, 0) is 38.5 Å². The zero-order chi connectivity index (χ0) is 20.1. The molecule has 0 spiro atoms. The van der Waals surface area contributed by atoms with Crippen molar-refractivity contribution in [3.8, 4) is 22.6 Å². The molecule has 0 aliphatic heterocycles. The third kappa shape index (κ3) is 3.86. The van der Waals surface area contributed by atoms with Crippen molar-refractivity contribution < 1.29 is 28.5 Å². The number of carbonyl (C=O) groups excluding carboxylic acids is 2. The molecule has 1 aromatic heterocycles. The number of methoxy groups -OCH3 is 3. The molecule has 2 aromatic rings. The average Bonchev–Trinajstić information content (AvgIpc) is 2.66. The summed E-state index contributed by atoms with van der Waals surface area (Å²) < 4.78 is 20.8. The topological polar surface area (TPSA) is 84.0 Å². The lowest BCUT2D eigenvalue weighted by Crippen LogP contribution is -2.16. The molecule has 7 nitrogen and oxygen atoms in total. The van der Waals surface area contributed by atoms with E-state index < -0.39 is 11.9 Å². The number of aromatic nitrogens is 1. The van der Waals surface area contributed by atoms with Crippen LogP contribution in [-0.4, -0.2) is 44.9 Å². The highest BCUT2D eigenvalue weighted by molar-refractivity contribution is 6.07. The van der Waals surface area contributed by atoms with E-state index in [4.69, 9.17) is 18.9 Å². The van der Waals surface area contributed by atoms with Crippen LogP contribution in [0.5, 0.6) is 11.5 Å². The Morgan fingerprint density at radius 1 is 0.926 bits per heavy atom. The van der Waals surface area contributed by atoms with Gasteiger partial charge in [-0.1, -0.05) is 6.07 Å². The summed E-state index contributed by atoms with van der Waals surface area (Å²) >= 11 is 0. The second-order valence-electron chi connectivity index (χ2n) is 5.69. The highest BCUT2D eigenvalue weighted by atomic mass is 16.5. The van der Waals surface area contributed by atoms with Gasteiger partial charge in [-0.15, -0.1) is 0 Å². The highest BCUT2D eigenvalue weighted by Gasteiger charge is 2.27. The predicted octanol–water partition coefficient (Wildman–Crippen LogP) is 3.35. The molecule has 0 N–H and O–H groups in total. The third-order valence-electron chi connectivity index (χ3n) is 4.09.